The van der Waals surface area contributed by atoms with Crippen molar-refractivity contribution in [2.45, 2.75) is 31.2 Å². The topological polar surface area (TPSA) is 73.0 Å². The molecule has 2 heterocycles. The van der Waals surface area contributed by atoms with Crippen LogP contribution in [0.5, 0.6) is 0 Å². The normalized spacial score (nSPS) is 28.1. The van der Waals surface area contributed by atoms with Gasteiger partial charge in [0.15, 0.2) is 0 Å². The molecule has 134 valence electrons. The Morgan fingerprint density at radius 1 is 1.26 bits per heavy atom. The largest absolute Gasteiger partial charge is 0.356 e. The summed E-state index contributed by atoms with van der Waals surface area (Å²) in [5.74, 6) is 0.337. The molecule has 0 saturated carbocycles. The predicted molar refractivity (Wildman–Crippen MR) is 90.8 cm³/mol. The lowest BCUT2D eigenvalue weighted by Gasteiger charge is -2.49. The lowest BCUT2D eigenvalue weighted by atomic mass is 9.86. The second-order valence-corrected chi connectivity index (χ2v) is 9.28. The van der Waals surface area contributed by atoms with E-state index in [1.54, 1.807) is 14.1 Å². The van der Waals surface area contributed by atoms with Gasteiger partial charge >= 0.3 is 0 Å². The van der Waals surface area contributed by atoms with E-state index in [0.717, 1.165) is 45.6 Å². The standard InChI is InChI=1S/C15H30N4O3S/c1-17(2)23(21,22)12-4-9-19-11-10-18(3)15(13-19)6-5-14(20)16-8-7-15/h4-13H2,1-3H3,(H,16,20)/t15-/m1/s1. The highest BCUT2D eigenvalue weighted by Gasteiger charge is 2.40. The molecule has 0 radical (unpaired) electrons. The van der Waals surface area contributed by atoms with Crippen molar-refractivity contribution in [1.29, 1.82) is 0 Å². The Labute approximate surface area is 140 Å². The average molecular weight is 346 g/mol. The van der Waals surface area contributed by atoms with Crippen LogP contribution < -0.4 is 5.32 Å². The first-order valence-corrected chi connectivity index (χ1v) is 9.97. The Kier molecular flexibility index (Phi) is 6.05. The van der Waals surface area contributed by atoms with Crippen molar-refractivity contribution < 1.29 is 13.2 Å². The zero-order valence-electron chi connectivity index (χ0n) is 14.5. The SMILES string of the molecule is CN1CCN(CCCS(=O)(=O)N(C)C)C[C@@]12CCNC(=O)CC2. The first kappa shape index (κ1) is 18.6. The van der Waals surface area contributed by atoms with Gasteiger partial charge in [-0.1, -0.05) is 0 Å². The minimum atomic E-state index is -3.11. The number of hydrogen-bond donors (Lipinski definition) is 1. The molecule has 0 aromatic carbocycles. The smallest absolute Gasteiger partial charge is 0.220 e. The number of carbonyl (C=O) groups is 1. The summed E-state index contributed by atoms with van der Waals surface area (Å²) in [6, 6.07) is 0. The van der Waals surface area contributed by atoms with Crippen molar-refractivity contribution in [2.24, 2.45) is 0 Å². The second-order valence-electron chi connectivity index (χ2n) is 6.97. The maximum Gasteiger partial charge on any atom is 0.220 e. The van der Waals surface area contributed by atoms with E-state index in [-0.39, 0.29) is 17.2 Å². The number of carbonyl (C=O) groups excluding carboxylic acids is 1. The minimum absolute atomic E-state index is 0.0395. The fraction of sp³-hybridized carbons (Fsp3) is 0.933. The van der Waals surface area contributed by atoms with Crippen LogP contribution in [-0.2, 0) is 14.8 Å². The summed E-state index contributed by atoms with van der Waals surface area (Å²) in [6.07, 6.45) is 3.06. The molecule has 0 aliphatic carbocycles. The highest BCUT2D eigenvalue weighted by molar-refractivity contribution is 7.89. The first-order valence-electron chi connectivity index (χ1n) is 8.36. The van der Waals surface area contributed by atoms with Crippen molar-refractivity contribution >= 4 is 15.9 Å². The van der Waals surface area contributed by atoms with Crippen LogP contribution in [0.1, 0.15) is 25.7 Å². The molecular weight excluding hydrogens is 316 g/mol. The zero-order valence-corrected chi connectivity index (χ0v) is 15.4. The third-order valence-corrected chi connectivity index (χ3v) is 7.16. The van der Waals surface area contributed by atoms with E-state index in [1.165, 1.54) is 4.31 Å². The van der Waals surface area contributed by atoms with Gasteiger partial charge in [-0.3, -0.25) is 9.69 Å². The number of nitrogens with zero attached hydrogens (tertiary/aromatic N) is 3. The molecule has 1 N–H and O–H groups in total. The number of amides is 1. The van der Waals surface area contributed by atoms with E-state index in [9.17, 15) is 13.2 Å². The van der Waals surface area contributed by atoms with Crippen molar-refractivity contribution in [3.05, 3.63) is 0 Å². The van der Waals surface area contributed by atoms with Crippen molar-refractivity contribution in [2.75, 3.05) is 59.6 Å². The van der Waals surface area contributed by atoms with Crippen LogP contribution in [0.4, 0.5) is 0 Å². The fourth-order valence-corrected chi connectivity index (χ4v) is 4.38. The molecule has 0 aromatic rings. The van der Waals surface area contributed by atoms with E-state index in [4.69, 9.17) is 0 Å². The molecule has 2 aliphatic heterocycles. The molecular formula is C15H30N4O3S. The van der Waals surface area contributed by atoms with E-state index < -0.39 is 10.0 Å². The Bertz CT molecular complexity index is 523. The summed E-state index contributed by atoms with van der Waals surface area (Å²) in [5.41, 5.74) is 0.0395. The van der Waals surface area contributed by atoms with Crippen molar-refractivity contribution in [1.82, 2.24) is 19.4 Å². The van der Waals surface area contributed by atoms with Crippen LogP contribution in [0.15, 0.2) is 0 Å². The number of sulfonamides is 1. The summed E-state index contributed by atoms with van der Waals surface area (Å²) in [6.45, 7) is 4.37. The van der Waals surface area contributed by atoms with E-state index in [1.807, 2.05) is 0 Å². The molecule has 2 saturated heterocycles. The van der Waals surface area contributed by atoms with Gasteiger partial charge in [0.05, 0.1) is 5.75 Å². The van der Waals surface area contributed by atoms with E-state index >= 15 is 0 Å². The third-order valence-electron chi connectivity index (χ3n) is 5.24. The maximum absolute atomic E-state index is 11.9. The molecule has 0 unspecified atom stereocenters. The van der Waals surface area contributed by atoms with Crippen LogP contribution in [0, 0.1) is 0 Å². The molecule has 2 aliphatic rings. The average Bonchev–Trinajstić information content (AvgIpc) is 2.66. The van der Waals surface area contributed by atoms with Gasteiger partial charge in [-0.2, -0.15) is 0 Å². The number of nitrogens with one attached hydrogen (secondary N) is 1. The molecule has 1 amide bonds. The predicted octanol–water partition coefficient (Wildman–Crippen LogP) is -0.446. The van der Waals surface area contributed by atoms with E-state index in [0.29, 0.717) is 12.8 Å². The number of piperazine rings is 1. The molecule has 8 heteroatoms. The second kappa shape index (κ2) is 7.46. The van der Waals surface area contributed by atoms with Crippen molar-refractivity contribution in [3.8, 4) is 0 Å². The Morgan fingerprint density at radius 3 is 2.70 bits per heavy atom. The molecule has 7 nitrogen and oxygen atoms in total. The quantitative estimate of drug-likeness (QED) is 0.730. The van der Waals surface area contributed by atoms with E-state index in [2.05, 4.69) is 22.2 Å². The Morgan fingerprint density at radius 2 is 2.00 bits per heavy atom. The zero-order chi connectivity index (χ0) is 17.1. The van der Waals surface area contributed by atoms with Crippen LogP contribution in [0.25, 0.3) is 0 Å². The molecule has 2 rings (SSSR count). The molecule has 2 fully saturated rings. The van der Waals surface area contributed by atoms with Gasteiger partial charge in [0, 0.05) is 52.2 Å². The van der Waals surface area contributed by atoms with Gasteiger partial charge in [0.2, 0.25) is 15.9 Å². The number of likely N-dealkylation sites (N-methyl/N-ethyl adjacent to an activating group) is 1. The maximum atomic E-state index is 11.9. The number of rotatable bonds is 5. The fourth-order valence-electron chi connectivity index (χ4n) is 3.52. The van der Waals surface area contributed by atoms with Gasteiger partial charge < -0.3 is 10.2 Å². The minimum Gasteiger partial charge on any atom is -0.356 e. The third kappa shape index (κ3) is 4.65. The monoisotopic (exact) mass is 346 g/mol. The van der Waals surface area contributed by atoms with Crippen LogP contribution >= 0.6 is 0 Å². The van der Waals surface area contributed by atoms with Gasteiger partial charge in [0.1, 0.15) is 0 Å². The van der Waals surface area contributed by atoms with Crippen LogP contribution in [-0.4, -0.2) is 93.6 Å². The summed E-state index contributed by atoms with van der Waals surface area (Å²) in [7, 11) is 2.19. The molecule has 0 aromatic heterocycles. The first-order chi connectivity index (χ1) is 10.8. The summed E-state index contributed by atoms with van der Waals surface area (Å²) < 4.78 is 25.0. The van der Waals surface area contributed by atoms with Crippen LogP contribution in [0.3, 0.4) is 0 Å². The Hall–Kier alpha value is -0.700. The van der Waals surface area contributed by atoms with Gasteiger partial charge in [-0.05, 0) is 32.9 Å². The Balaban J connectivity index is 1.91. The van der Waals surface area contributed by atoms with Crippen LogP contribution in [0.2, 0.25) is 0 Å². The van der Waals surface area contributed by atoms with Gasteiger partial charge in [-0.15, -0.1) is 0 Å². The molecule has 0 bridgehead atoms. The lowest BCUT2D eigenvalue weighted by Crippen LogP contribution is -2.61. The van der Waals surface area contributed by atoms with Gasteiger partial charge in [0.25, 0.3) is 0 Å². The molecule has 1 atom stereocenters. The molecule has 1 spiro atoms. The van der Waals surface area contributed by atoms with Gasteiger partial charge in [-0.25, -0.2) is 12.7 Å². The molecule has 23 heavy (non-hydrogen) atoms. The highest BCUT2D eigenvalue weighted by Crippen LogP contribution is 2.30. The summed E-state index contributed by atoms with van der Waals surface area (Å²) in [4.78, 5) is 16.4. The summed E-state index contributed by atoms with van der Waals surface area (Å²) >= 11 is 0. The summed E-state index contributed by atoms with van der Waals surface area (Å²) in [5, 5.41) is 2.96. The lowest BCUT2D eigenvalue weighted by molar-refractivity contribution is -0.121. The number of hydrogen-bond acceptors (Lipinski definition) is 5. The highest BCUT2D eigenvalue weighted by atomic mass is 32.2. The van der Waals surface area contributed by atoms with Crippen molar-refractivity contribution in [3.63, 3.8) is 0 Å².